The molecule has 1 atom stereocenters. The van der Waals surface area contributed by atoms with Gasteiger partial charge >= 0.3 is 0 Å². The second kappa shape index (κ2) is 7.32. The Morgan fingerprint density at radius 1 is 1.20 bits per heavy atom. The summed E-state index contributed by atoms with van der Waals surface area (Å²) in [7, 11) is -2.13. The Labute approximate surface area is 145 Å². The molecule has 1 aromatic heterocycles. The molecular formula is C16H18FN3O4S. The van der Waals surface area contributed by atoms with Crippen LogP contribution in [0.1, 0.15) is 12.0 Å². The van der Waals surface area contributed by atoms with E-state index in [9.17, 15) is 12.8 Å². The van der Waals surface area contributed by atoms with E-state index in [-0.39, 0.29) is 24.0 Å². The molecule has 0 aliphatic carbocycles. The number of sulfonamides is 1. The molecule has 0 radical (unpaired) electrons. The van der Waals surface area contributed by atoms with E-state index in [0.29, 0.717) is 24.7 Å². The smallest absolute Gasteiger partial charge is 0.233 e. The summed E-state index contributed by atoms with van der Waals surface area (Å²) in [5.74, 6) is -0.215. The van der Waals surface area contributed by atoms with Gasteiger partial charge in [-0.15, -0.1) is 10.2 Å². The van der Waals surface area contributed by atoms with Crippen LogP contribution in [0.5, 0.6) is 11.8 Å². The summed E-state index contributed by atoms with van der Waals surface area (Å²) >= 11 is 0. The summed E-state index contributed by atoms with van der Waals surface area (Å²) in [6.45, 7) is 0.523. The fourth-order valence-electron chi connectivity index (χ4n) is 2.60. The molecule has 3 rings (SSSR count). The summed E-state index contributed by atoms with van der Waals surface area (Å²) in [6.07, 6.45) is 0.211. The van der Waals surface area contributed by atoms with E-state index in [4.69, 9.17) is 9.47 Å². The predicted molar refractivity (Wildman–Crippen MR) is 88.2 cm³/mol. The lowest BCUT2D eigenvalue weighted by Crippen LogP contribution is -2.32. The van der Waals surface area contributed by atoms with E-state index in [2.05, 4.69) is 10.2 Å². The largest absolute Gasteiger partial charge is 0.480 e. The molecule has 0 bridgehead atoms. The first kappa shape index (κ1) is 17.6. The summed E-state index contributed by atoms with van der Waals surface area (Å²) in [4.78, 5) is 0. The standard InChI is InChI=1S/C16H18FN3O4S/c1-23-15-6-7-16(19-18-15)24-13-8-9-20(10-13)25(21,22)11-12-4-2-3-5-14(12)17/h2-7,13H,8-11H2,1H3. The Morgan fingerprint density at radius 3 is 2.60 bits per heavy atom. The Morgan fingerprint density at radius 2 is 1.92 bits per heavy atom. The molecule has 7 nitrogen and oxygen atoms in total. The second-order valence-electron chi connectivity index (χ2n) is 5.65. The zero-order valence-electron chi connectivity index (χ0n) is 13.6. The van der Waals surface area contributed by atoms with Crippen LogP contribution in [-0.4, -0.2) is 49.2 Å². The predicted octanol–water partition coefficient (Wildman–Crippen LogP) is 1.61. The molecule has 1 aliphatic rings. The number of hydrogen-bond acceptors (Lipinski definition) is 6. The first-order chi connectivity index (χ1) is 12.0. The minimum Gasteiger partial charge on any atom is -0.480 e. The Hall–Kier alpha value is -2.26. The highest BCUT2D eigenvalue weighted by Gasteiger charge is 2.33. The van der Waals surface area contributed by atoms with Crippen molar-refractivity contribution in [3.63, 3.8) is 0 Å². The van der Waals surface area contributed by atoms with Crippen molar-refractivity contribution in [2.24, 2.45) is 0 Å². The van der Waals surface area contributed by atoms with Gasteiger partial charge in [-0.05, 0) is 12.5 Å². The maximum Gasteiger partial charge on any atom is 0.233 e. The third-order valence-corrected chi connectivity index (χ3v) is 5.70. The normalized spacial score (nSPS) is 18.2. The molecule has 1 aliphatic heterocycles. The highest BCUT2D eigenvalue weighted by atomic mass is 32.2. The lowest BCUT2D eigenvalue weighted by Gasteiger charge is -2.17. The summed E-state index contributed by atoms with van der Waals surface area (Å²) in [5.41, 5.74) is 0.160. The lowest BCUT2D eigenvalue weighted by atomic mass is 10.2. The molecule has 9 heteroatoms. The van der Waals surface area contributed by atoms with E-state index in [0.717, 1.165) is 0 Å². The molecule has 1 saturated heterocycles. The van der Waals surface area contributed by atoms with Crippen molar-refractivity contribution in [3.05, 3.63) is 47.8 Å². The summed E-state index contributed by atoms with van der Waals surface area (Å²) in [6, 6.07) is 9.10. The summed E-state index contributed by atoms with van der Waals surface area (Å²) in [5, 5.41) is 7.67. The topological polar surface area (TPSA) is 81.6 Å². The fourth-order valence-corrected chi connectivity index (χ4v) is 4.19. The van der Waals surface area contributed by atoms with Gasteiger partial charge in [-0.25, -0.2) is 12.8 Å². The molecule has 0 saturated carbocycles. The van der Waals surface area contributed by atoms with Gasteiger partial charge in [0.25, 0.3) is 0 Å². The number of methoxy groups -OCH3 is 1. The monoisotopic (exact) mass is 367 g/mol. The van der Waals surface area contributed by atoms with Crippen molar-refractivity contribution in [1.82, 2.24) is 14.5 Å². The molecule has 2 aromatic rings. The number of halogens is 1. The number of ether oxygens (including phenoxy) is 2. The van der Waals surface area contributed by atoms with Gasteiger partial charge in [0.05, 0.1) is 19.4 Å². The van der Waals surface area contributed by atoms with Crippen molar-refractivity contribution in [1.29, 1.82) is 0 Å². The molecule has 1 aromatic carbocycles. The van der Waals surface area contributed by atoms with E-state index in [1.54, 1.807) is 18.2 Å². The molecule has 0 amide bonds. The Balaban J connectivity index is 1.62. The molecule has 0 N–H and O–H groups in total. The van der Waals surface area contributed by atoms with Crippen LogP contribution >= 0.6 is 0 Å². The van der Waals surface area contributed by atoms with Crippen LogP contribution in [0.3, 0.4) is 0 Å². The van der Waals surface area contributed by atoms with E-state index < -0.39 is 15.8 Å². The summed E-state index contributed by atoms with van der Waals surface area (Å²) < 4.78 is 50.6. The minimum absolute atomic E-state index is 0.160. The van der Waals surface area contributed by atoms with E-state index >= 15 is 0 Å². The quantitative estimate of drug-likeness (QED) is 0.772. The molecule has 1 fully saturated rings. The number of aromatic nitrogens is 2. The van der Waals surface area contributed by atoms with Crippen molar-refractivity contribution in [3.8, 4) is 11.8 Å². The Kier molecular flexibility index (Phi) is 5.14. The van der Waals surface area contributed by atoms with Crippen LogP contribution in [0.25, 0.3) is 0 Å². The maximum absolute atomic E-state index is 13.7. The Bertz CT molecular complexity index is 830. The van der Waals surface area contributed by atoms with Crippen LogP contribution in [0, 0.1) is 5.82 Å². The van der Waals surface area contributed by atoms with Gasteiger partial charge < -0.3 is 9.47 Å². The first-order valence-corrected chi connectivity index (χ1v) is 9.34. The first-order valence-electron chi connectivity index (χ1n) is 7.73. The maximum atomic E-state index is 13.7. The van der Waals surface area contributed by atoms with Crippen molar-refractivity contribution in [2.75, 3.05) is 20.2 Å². The molecule has 1 unspecified atom stereocenters. The lowest BCUT2D eigenvalue weighted by molar-refractivity contribution is 0.203. The van der Waals surface area contributed by atoms with Gasteiger partial charge in [-0.3, -0.25) is 0 Å². The zero-order chi connectivity index (χ0) is 17.9. The SMILES string of the molecule is COc1ccc(OC2CCN(S(=O)(=O)Cc3ccccc3F)C2)nn1. The number of nitrogens with zero attached hydrogens (tertiary/aromatic N) is 3. The molecule has 2 heterocycles. The average molecular weight is 367 g/mol. The van der Waals surface area contributed by atoms with Crippen LogP contribution in [-0.2, 0) is 15.8 Å². The fraction of sp³-hybridized carbons (Fsp3) is 0.375. The van der Waals surface area contributed by atoms with Crippen molar-refractivity contribution >= 4 is 10.0 Å². The van der Waals surface area contributed by atoms with Crippen LogP contribution in [0.15, 0.2) is 36.4 Å². The third-order valence-electron chi connectivity index (χ3n) is 3.91. The van der Waals surface area contributed by atoms with Gasteiger partial charge in [-0.2, -0.15) is 4.31 Å². The molecule has 0 spiro atoms. The van der Waals surface area contributed by atoms with Gasteiger partial charge in [-0.1, -0.05) is 18.2 Å². The molecular weight excluding hydrogens is 349 g/mol. The highest BCUT2D eigenvalue weighted by molar-refractivity contribution is 7.88. The average Bonchev–Trinajstić information content (AvgIpc) is 3.07. The highest BCUT2D eigenvalue weighted by Crippen LogP contribution is 2.22. The zero-order valence-corrected chi connectivity index (χ0v) is 14.4. The number of hydrogen-bond donors (Lipinski definition) is 0. The third kappa shape index (κ3) is 4.23. The van der Waals surface area contributed by atoms with Gasteiger partial charge in [0.1, 0.15) is 11.9 Å². The van der Waals surface area contributed by atoms with Gasteiger partial charge in [0.2, 0.25) is 21.8 Å². The van der Waals surface area contributed by atoms with E-state index in [1.807, 2.05) is 0 Å². The van der Waals surface area contributed by atoms with Crippen molar-refractivity contribution < 1.29 is 22.3 Å². The molecule has 25 heavy (non-hydrogen) atoms. The number of rotatable bonds is 6. The molecule has 134 valence electrons. The minimum atomic E-state index is -3.61. The van der Waals surface area contributed by atoms with Crippen LogP contribution < -0.4 is 9.47 Å². The number of benzene rings is 1. The van der Waals surface area contributed by atoms with Gasteiger partial charge in [0, 0.05) is 24.2 Å². The van der Waals surface area contributed by atoms with Gasteiger partial charge in [0.15, 0.2) is 0 Å². The van der Waals surface area contributed by atoms with Crippen LogP contribution in [0.4, 0.5) is 4.39 Å². The second-order valence-corrected chi connectivity index (χ2v) is 7.62. The van der Waals surface area contributed by atoms with E-state index in [1.165, 1.54) is 29.6 Å². The van der Waals surface area contributed by atoms with Crippen molar-refractivity contribution in [2.45, 2.75) is 18.3 Å². The van der Waals surface area contributed by atoms with Crippen LogP contribution in [0.2, 0.25) is 0 Å².